The second kappa shape index (κ2) is 8.64. The Bertz CT molecular complexity index is 958. The van der Waals surface area contributed by atoms with Crippen molar-refractivity contribution in [2.75, 3.05) is 11.9 Å². The molecule has 1 amide bonds. The van der Waals surface area contributed by atoms with Gasteiger partial charge in [0.25, 0.3) is 0 Å². The Hall–Kier alpha value is -1.89. The molecule has 0 saturated carbocycles. The third kappa shape index (κ3) is 4.74. The number of nitrogens with one attached hydrogen (secondary N) is 1. The van der Waals surface area contributed by atoms with Gasteiger partial charge >= 0.3 is 0 Å². The van der Waals surface area contributed by atoms with Crippen LogP contribution in [0.25, 0.3) is 0 Å². The van der Waals surface area contributed by atoms with Gasteiger partial charge < -0.3 is 5.32 Å². The SMILES string of the molecule is Cc1ccc(NC(=O)CC2CCCCN2S(=O)(=O)c2ccc(Cl)cc2)c(C)c1. The van der Waals surface area contributed by atoms with Crippen molar-refractivity contribution in [3.05, 3.63) is 58.6 Å². The van der Waals surface area contributed by atoms with E-state index in [1.165, 1.54) is 16.4 Å². The Morgan fingerprint density at radius 1 is 1.14 bits per heavy atom. The lowest BCUT2D eigenvalue weighted by Gasteiger charge is -2.34. The fraction of sp³-hybridized carbons (Fsp3) is 0.381. The fourth-order valence-electron chi connectivity index (χ4n) is 3.61. The number of hydrogen-bond acceptors (Lipinski definition) is 3. The van der Waals surface area contributed by atoms with Crippen molar-refractivity contribution >= 4 is 33.2 Å². The van der Waals surface area contributed by atoms with E-state index in [0.29, 0.717) is 18.0 Å². The van der Waals surface area contributed by atoms with Crippen LogP contribution >= 0.6 is 11.6 Å². The molecule has 1 N–H and O–H groups in total. The number of aryl methyl sites for hydroxylation is 2. The summed E-state index contributed by atoms with van der Waals surface area (Å²) < 4.78 is 27.7. The van der Waals surface area contributed by atoms with Crippen molar-refractivity contribution in [3.63, 3.8) is 0 Å². The predicted molar refractivity (Wildman–Crippen MR) is 112 cm³/mol. The first-order chi connectivity index (χ1) is 13.3. The highest BCUT2D eigenvalue weighted by atomic mass is 35.5. The number of anilines is 1. The molecule has 5 nitrogen and oxygen atoms in total. The fourth-order valence-corrected chi connectivity index (χ4v) is 5.42. The summed E-state index contributed by atoms with van der Waals surface area (Å²) in [6.07, 6.45) is 2.52. The van der Waals surface area contributed by atoms with Gasteiger partial charge in [0.1, 0.15) is 0 Å². The first-order valence-corrected chi connectivity index (χ1v) is 11.2. The maximum absolute atomic E-state index is 13.1. The zero-order valence-electron chi connectivity index (χ0n) is 16.1. The molecule has 3 rings (SSSR count). The van der Waals surface area contributed by atoms with Gasteiger partial charge in [0.2, 0.25) is 15.9 Å². The van der Waals surface area contributed by atoms with Gasteiger partial charge in [-0.1, -0.05) is 35.7 Å². The van der Waals surface area contributed by atoms with Crippen molar-refractivity contribution in [1.29, 1.82) is 0 Å². The van der Waals surface area contributed by atoms with E-state index in [1.807, 2.05) is 32.0 Å². The molecule has 7 heteroatoms. The molecule has 1 fully saturated rings. The van der Waals surface area contributed by atoms with Crippen LogP contribution in [0.3, 0.4) is 0 Å². The predicted octanol–water partition coefficient (Wildman–Crippen LogP) is 4.53. The molecule has 1 heterocycles. The molecule has 0 spiro atoms. The van der Waals surface area contributed by atoms with Crippen molar-refractivity contribution in [1.82, 2.24) is 4.31 Å². The number of carbonyl (C=O) groups is 1. The van der Waals surface area contributed by atoms with Crippen LogP contribution in [0.5, 0.6) is 0 Å². The molecule has 28 heavy (non-hydrogen) atoms. The van der Waals surface area contributed by atoms with E-state index in [0.717, 1.165) is 29.7 Å². The van der Waals surface area contributed by atoms with Gasteiger partial charge in [-0.2, -0.15) is 4.31 Å². The normalized spacial score (nSPS) is 18.0. The maximum Gasteiger partial charge on any atom is 0.243 e. The van der Waals surface area contributed by atoms with Crippen LogP contribution in [0.15, 0.2) is 47.4 Å². The topological polar surface area (TPSA) is 66.5 Å². The van der Waals surface area contributed by atoms with Crippen LogP contribution in [0.2, 0.25) is 5.02 Å². The Labute approximate surface area is 171 Å². The number of halogens is 1. The van der Waals surface area contributed by atoms with Gasteiger partial charge in [0, 0.05) is 29.7 Å². The van der Waals surface area contributed by atoms with E-state index in [1.54, 1.807) is 12.1 Å². The molecule has 0 aromatic heterocycles. The molecule has 1 aliphatic rings. The molecule has 1 saturated heterocycles. The van der Waals surface area contributed by atoms with E-state index < -0.39 is 10.0 Å². The smallest absolute Gasteiger partial charge is 0.243 e. The molecular weight excluding hydrogens is 396 g/mol. The minimum atomic E-state index is -3.67. The van der Waals surface area contributed by atoms with E-state index in [4.69, 9.17) is 11.6 Å². The maximum atomic E-state index is 13.1. The first kappa shape index (κ1) is 20.8. The monoisotopic (exact) mass is 420 g/mol. The van der Waals surface area contributed by atoms with Crippen LogP contribution in [0.4, 0.5) is 5.69 Å². The highest BCUT2D eigenvalue weighted by molar-refractivity contribution is 7.89. The molecule has 2 aromatic carbocycles. The summed E-state index contributed by atoms with van der Waals surface area (Å²) >= 11 is 5.88. The van der Waals surface area contributed by atoms with Crippen molar-refractivity contribution in [2.45, 2.75) is 50.5 Å². The van der Waals surface area contributed by atoms with Crippen LogP contribution in [0, 0.1) is 13.8 Å². The molecule has 1 unspecified atom stereocenters. The molecule has 1 aliphatic heterocycles. The second-order valence-electron chi connectivity index (χ2n) is 7.29. The molecule has 2 aromatic rings. The number of benzene rings is 2. The summed E-state index contributed by atoms with van der Waals surface area (Å²) in [5, 5.41) is 3.41. The largest absolute Gasteiger partial charge is 0.326 e. The Kier molecular flexibility index (Phi) is 6.43. The number of nitrogens with zero attached hydrogens (tertiary/aromatic N) is 1. The molecule has 0 bridgehead atoms. The average molecular weight is 421 g/mol. The van der Waals surface area contributed by atoms with Crippen LogP contribution in [-0.4, -0.2) is 31.2 Å². The van der Waals surface area contributed by atoms with Crippen molar-refractivity contribution in [3.8, 4) is 0 Å². The van der Waals surface area contributed by atoms with Gasteiger partial charge in [-0.3, -0.25) is 4.79 Å². The zero-order chi connectivity index (χ0) is 20.3. The summed E-state index contributed by atoms with van der Waals surface area (Å²) in [6.45, 7) is 4.37. The standard InChI is InChI=1S/C21H25ClN2O3S/c1-15-6-11-20(16(2)13-15)23-21(25)14-18-5-3-4-12-24(18)28(26,27)19-9-7-17(22)8-10-19/h6-11,13,18H,3-5,12,14H2,1-2H3,(H,23,25). The lowest BCUT2D eigenvalue weighted by atomic mass is 10.0. The summed E-state index contributed by atoms with van der Waals surface area (Å²) in [4.78, 5) is 12.8. The van der Waals surface area contributed by atoms with Crippen molar-refractivity contribution < 1.29 is 13.2 Å². The number of rotatable bonds is 5. The highest BCUT2D eigenvalue weighted by Crippen LogP contribution is 2.28. The van der Waals surface area contributed by atoms with Gasteiger partial charge in [0.15, 0.2) is 0 Å². The van der Waals surface area contributed by atoms with E-state index in [2.05, 4.69) is 5.32 Å². The minimum absolute atomic E-state index is 0.139. The summed E-state index contributed by atoms with van der Waals surface area (Å²) in [6, 6.07) is 11.7. The van der Waals surface area contributed by atoms with Gasteiger partial charge in [-0.15, -0.1) is 0 Å². The Morgan fingerprint density at radius 3 is 2.54 bits per heavy atom. The Morgan fingerprint density at radius 2 is 1.86 bits per heavy atom. The molecular formula is C21H25ClN2O3S. The van der Waals surface area contributed by atoms with E-state index in [-0.39, 0.29) is 23.3 Å². The lowest BCUT2D eigenvalue weighted by Crippen LogP contribution is -2.45. The number of sulfonamides is 1. The summed E-state index contributed by atoms with van der Waals surface area (Å²) in [7, 11) is -3.67. The third-order valence-corrected chi connectivity index (χ3v) is 7.29. The van der Waals surface area contributed by atoms with Crippen LogP contribution in [0.1, 0.15) is 36.8 Å². The minimum Gasteiger partial charge on any atom is -0.326 e. The molecule has 150 valence electrons. The number of piperidine rings is 1. The second-order valence-corrected chi connectivity index (χ2v) is 9.62. The first-order valence-electron chi connectivity index (χ1n) is 9.42. The molecule has 0 radical (unpaired) electrons. The number of hydrogen-bond donors (Lipinski definition) is 1. The van der Waals surface area contributed by atoms with Crippen LogP contribution < -0.4 is 5.32 Å². The molecule has 1 atom stereocenters. The number of carbonyl (C=O) groups excluding carboxylic acids is 1. The quantitative estimate of drug-likeness (QED) is 0.772. The van der Waals surface area contributed by atoms with Gasteiger partial charge in [-0.25, -0.2) is 8.42 Å². The van der Waals surface area contributed by atoms with E-state index in [9.17, 15) is 13.2 Å². The zero-order valence-corrected chi connectivity index (χ0v) is 17.7. The summed E-state index contributed by atoms with van der Waals surface area (Å²) in [5.41, 5.74) is 2.88. The van der Waals surface area contributed by atoms with E-state index >= 15 is 0 Å². The Balaban J connectivity index is 1.75. The summed E-state index contributed by atoms with van der Waals surface area (Å²) in [5.74, 6) is -0.171. The highest BCUT2D eigenvalue weighted by Gasteiger charge is 2.34. The number of amides is 1. The average Bonchev–Trinajstić information content (AvgIpc) is 2.65. The molecule has 0 aliphatic carbocycles. The van der Waals surface area contributed by atoms with Gasteiger partial charge in [0.05, 0.1) is 4.90 Å². The van der Waals surface area contributed by atoms with Crippen molar-refractivity contribution in [2.24, 2.45) is 0 Å². The lowest BCUT2D eigenvalue weighted by molar-refractivity contribution is -0.117. The third-order valence-electron chi connectivity index (χ3n) is 5.07. The van der Waals surface area contributed by atoms with Crippen LogP contribution in [-0.2, 0) is 14.8 Å². The van der Waals surface area contributed by atoms with Gasteiger partial charge in [-0.05, 0) is 62.6 Å².